The Hall–Kier alpha value is -2.95. The van der Waals surface area contributed by atoms with Gasteiger partial charge in [-0.25, -0.2) is 9.37 Å². The van der Waals surface area contributed by atoms with Gasteiger partial charge in [-0.05, 0) is 48.9 Å². The van der Waals surface area contributed by atoms with E-state index in [9.17, 15) is 9.18 Å². The molecule has 0 spiro atoms. The van der Waals surface area contributed by atoms with Crippen LogP contribution in [-0.4, -0.2) is 10.9 Å². The first-order valence-electron chi connectivity index (χ1n) is 8.86. The van der Waals surface area contributed by atoms with Crippen molar-refractivity contribution in [2.45, 2.75) is 6.92 Å². The molecule has 0 aliphatic carbocycles. The summed E-state index contributed by atoms with van der Waals surface area (Å²) in [6, 6.07) is 18.5. The number of rotatable bonds is 3. The fourth-order valence-electron chi connectivity index (χ4n) is 3.29. The highest BCUT2D eigenvalue weighted by Crippen LogP contribution is 2.35. The van der Waals surface area contributed by atoms with E-state index in [1.807, 2.05) is 24.3 Å². The van der Waals surface area contributed by atoms with Crippen LogP contribution < -0.4 is 5.32 Å². The average molecular weight is 425 g/mol. The largest absolute Gasteiger partial charge is 0.319 e. The number of hydrogen-bond acceptors (Lipinski definition) is 2. The molecular weight excluding hydrogens is 410 g/mol. The lowest BCUT2D eigenvalue weighted by molar-refractivity contribution is 0.102. The van der Waals surface area contributed by atoms with Crippen molar-refractivity contribution in [3.05, 3.63) is 93.7 Å². The van der Waals surface area contributed by atoms with E-state index in [-0.39, 0.29) is 5.69 Å². The van der Waals surface area contributed by atoms with Gasteiger partial charge in [0.1, 0.15) is 5.82 Å². The number of para-hydroxylation sites is 2. The van der Waals surface area contributed by atoms with Gasteiger partial charge in [0.25, 0.3) is 5.91 Å². The average Bonchev–Trinajstić information content (AvgIpc) is 2.69. The van der Waals surface area contributed by atoms with Gasteiger partial charge in [-0.2, -0.15) is 0 Å². The minimum absolute atomic E-state index is 0.115. The minimum Gasteiger partial charge on any atom is -0.319 e. The Morgan fingerprint density at radius 2 is 1.72 bits per heavy atom. The molecule has 4 aromatic rings. The van der Waals surface area contributed by atoms with Gasteiger partial charge in [0.2, 0.25) is 0 Å². The van der Waals surface area contributed by atoms with E-state index >= 15 is 0 Å². The molecule has 0 saturated carbocycles. The monoisotopic (exact) mass is 424 g/mol. The van der Waals surface area contributed by atoms with E-state index in [1.165, 1.54) is 12.1 Å². The maximum Gasteiger partial charge on any atom is 0.256 e. The van der Waals surface area contributed by atoms with E-state index in [0.717, 1.165) is 0 Å². The first kappa shape index (κ1) is 19.4. The molecule has 0 bridgehead atoms. The number of carbonyl (C=O) groups is 1. The Kier molecular flexibility index (Phi) is 5.22. The van der Waals surface area contributed by atoms with Crippen LogP contribution in [0, 0.1) is 12.7 Å². The van der Waals surface area contributed by atoms with Crippen LogP contribution >= 0.6 is 23.2 Å². The fourth-order valence-corrected chi connectivity index (χ4v) is 3.79. The Morgan fingerprint density at radius 1 is 1.00 bits per heavy atom. The van der Waals surface area contributed by atoms with Crippen molar-refractivity contribution >= 4 is 45.7 Å². The highest BCUT2D eigenvalue weighted by Gasteiger charge is 2.21. The molecular formula is C23H15Cl2FN2O. The fraction of sp³-hybridized carbons (Fsp3) is 0.0435. The third-order valence-corrected chi connectivity index (χ3v) is 5.22. The third-order valence-electron chi connectivity index (χ3n) is 4.67. The Bertz CT molecular complexity index is 1260. The zero-order chi connectivity index (χ0) is 20.5. The van der Waals surface area contributed by atoms with Crippen LogP contribution in [0.3, 0.4) is 0 Å². The number of fused-ring (bicyclic) bond motifs is 1. The number of amides is 1. The number of halogens is 3. The molecule has 29 heavy (non-hydrogen) atoms. The highest BCUT2D eigenvalue weighted by molar-refractivity contribution is 6.36. The summed E-state index contributed by atoms with van der Waals surface area (Å²) in [5.41, 5.74) is 3.05. The van der Waals surface area contributed by atoms with Gasteiger partial charge in [0, 0.05) is 16.0 Å². The molecule has 0 saturated heterocycles. The van der Waals surface area contributed by atoms with Crippen molar-refractivity contribution in [2.75, 3.05) is 5.32 Å². The van der Waals surface area contributed by atoms with Gasteiger partial charge >= 0.3 is 0 Å². The van der Waals surface area contributed by atoms with E-state index in [2.05, 4.69) is 5.32 Å². The summed E-state index contributed by atoms with van der Waals surface area (Å²) < 4.78 is 14.1. The number of benzene rings is 3. The number of nitrogens with one attached hydrogen (secondary N) is 1. The molecule has 4 rings (SSSR count). The second-order valence-electron chi connectivity index (χ2n) is 6.54. The lowest BCUT2D eigenvalue weighted by atomic mass is 9.97. The maximum absolute atomic E-state index is 14.1. The standard InChI is InChI=1S/C23H15Cl2FN2O/c1-13-21(23(29)28-20-9-5-3-7-18(20)26)16-6-2-4-8-19(16)27-22(13)15-11-10-14(24)12-17(15)25/h2-12H,1H3,(H,28,29). The summed E-state index contributed by atoms with van der Waals surface area (Å²) in [5, 5.41) is 4.28. The second-order valence-corrected chi connectivity index (χ2v) is 7.38. The SMILES string of the molecule is Cc1c(-c2ccc(Cl)cc2Cl)nc2ccccc2c1C(=O)Nc1ccccc1F. The van der Waals surface area contributed by atoms with Crippen LogP contribution in [0.2, 0.25) is 10.0 Å². The molecule has 3 aromatic carbocycles. The summed E-state index contributed by atoms with van der Waals surface area (Å²) in [7, 11) is 0. The minimum atomic E-state index is -0.502. The normalized spacial score (nSPS) is 10.9. The maximum atomic E-state index is 14.1. The predicted octanol–water partition coefficient (Wildman–Crippen LogP) is 6.91. The lowest BCUT2D eigenvalue weighted by Gasteiger charge is -2.16. The molecule has 0 atom stereocenters. The first-order chi connectivity index (χ1) is 14.0. The predicted molar refractivity (Wildman–Crippen MR) is 116 cm³/mol. The second kappa shape index (κ2) is 7.82. The smallest absolute Gasteiger partial charge is 0.256 e. The molecule has 0 aliphatic heterocycles. The van der Waals surface area contributed by atoms with Gasteiger partial charge in [0.05, 0.1) is 27.5 Å². The summed E-state index contributed by atoms with van der Waals surface area (Å²) in [4.78, 5) is 17.9. The van der Waals surface area contributed by atoms with Crippen molar-refractivity contribution in [2.24, 2.45) is 0 Å². The van der Waals surface area contributed by atoms with E-state index in [0.29, 0.717) is 43.3 Å². The number of pyridine rings is 1. The van der Waals surface area contributed by atoms with Gasteiger partial charge in [-0.3, -0.25) is 4.79 Å². The Morgan fingerprint density at radius 3 is 2.48 bits per heavy atom. The zero-order valence-electron chi connectivity index (χ0n) is 15.3. The van der Waals surface area contributed by atoms with Crippen molar-refractivity contribution < 1.29 is 9.18 Å². The van der Waals surface area contributed by atoms with E-state index in [1.54, 1.807) is 37.3 Å². The molecule has 0 unspecified atom stereocenters. The molecule has 1 amide bonds. The van der Waals surface area contributed by atoms with Crippen LogP contribution in [0.25, 0.3) is 22.2 Å². The quantitative estimate of drug-likeness (QED) is 0.388. The molecule has 0 fully saturated rings. The number of nitrogens with zero attached hydrogens (tertiary/aromatic N) is 1. The van der Waals surface area contributed by atoms with Crippen LogP contribution in [0.4, 0.5) is 10.1 Å². The summed E-state index contributed by atoms with van der Waals surface area (Å²) in [5.74, 6) is -0.921. The zero-order valence-corrected chi connectivity index (χ0v) is 16.9. The van der Waals surface area contributed by atoms with Crippen LogP contribution in [-0.2, 0) is 0 Å². The lowest BCUT2D eigenvalue weighted by Crippen LogP contribution is -2.16. The molecule has 1 aromatic heterocycles. The summed E-state index contributed by atoms with van der Waals surface area (Å²) in [6.07, 6.45) is 0. The molecule has 144 valence electrons. The molecule has 6 heteroatoms. The Labute approximate surface area is 177 Å². The molecule has 3 nitrogen and oxygen atoms in total. The van der Waals surface area contributed by atoms with Gasteiger partial charge in [0.15, 0.2) is 0 Å². The van der Waals surface area contributed by atoms with Crippen molar-refractivity contribution in [3.63, 3.8) is 0 Å². The molecule has 0 aliphatic rings. The number of anilines is 1. The van der Waals surface area contributed by atoms with E-state index < -0.39 is 11.7 Å². The van der Waals surface area contributed by atoms with Crippen molar-refractivity contribution in [3.8, 4) is 11.3 Å². The Balaban J connectivity index is 1.92. The molecule has 1 N–H and O–H groups in total. The first-order valence-corrected chi connectivity index (χ1v) is 9.62. The molecule has 1 heterocycles. The number of aromatic nitrogens is 1. The van der Waals surface area contributed by atoms with Crippen LogP contribution in [0.1, 0.15) is 15.9 Å². The van der Waals surface area contributed by atoms with Gasteiger partial charge in [-0.1, -0.05) is 53.5 Å². The van der Waals surface area contributed by atoms with Crippen molar-refractivity contribution in [1.82, 2.24) is 4.98 Å². The topological polar surface area (TPSA) is 42.0 Å². The van der Waals surface area contributed by atoms with Crippen molar-refractivity contribution in [1.29, 1.82) is 0 Å². The van der Waals surface area contributed by atoms with Gasteiger partial charge in [-0.15, -0.1) is 0 Å². The number of hydrogen-bond donors (Lipinski definition) is 1. The van der Waals surface area contributed by atoms with E-state index in [4.69, 9.17) is 28.2 Å². The number of carbonyl (C=O) groups excluding carboxylic acids is 1. The summed E-state index contributed by atoms with van der Waals surface area (Å²) >= 11 is 12.4. The third kappa shape index (κ3) is 3.69. The molecule has 0 radical (unpaired) electrons. The van der Waals surface area contributed by atoms with Gasteiger partial charge < -0.3 is 5.32 Å². The van der Waals surface area contributed by atoms with Crippen LogP contribution in [0.5, 0.6) is 0 Å². The highest BCUT2D eigenvalue weighted by atomic mass is 35.5. The summed E-state index contributed by atoms with van der Waals surface area (Å²) in [6.45, 7) is 1.80. The van der Waals surface area contributed by atoms with Crippen LogP contribution in [0.15, 0.2) is 66.7 Å².